The molecule has 0 bridgehead atoms. The summed E-state index contributed by atoms with van der Waals surface area (Å²) in [6, 6.07) is 0. The van der Waals surface area contributed by atoms with Gasteiger partial charge >= 0.3 is 0 Å². The fourth-order valence-electron chi connectivity index (χ4n) is 4.69. The van der Waals surface area contributed by atoms with Gasteiger partial charge < -0.3 is 9.80 Å². The molecule has 1 atom stereocenters. The molecule has 1 heterocycles. The lowest BCUT2D eigenvalue weighted by Gasteiger charge is -2.32. The highest BCUT2D eigenvalue weighted by atomic mass is 15.4. The molecular weight excluding hydrogens is 352 g/mol. The molecule has 0 aromatic carbocycles. The summed E-state index contributed by atoms with van der Waals surface area (Å²) in [5, 5.41) is 0. The topological polar surface area (TPSA) is 6.48 Å². The first-order chi connectivity index (χ1) is 14.3. The van der Waals surface area contributed by atoms with Gasteiger partial charge in [0.05, 0.1) is 0 Å². The van der Waals surface area contributed by atoms with Crippen LogP contribution in [0.1, 0.15) is 143 Å². The fourth-order valence-corrected chi connectivity index (χ4v) is 4.69. The van der Waals surface area contributed by atoms with Crippen molar-refractivity contribution in [3.8, 4) is 0 Å². The molecule has 0 aromatic heterocycles. The van der Waals surface area contributed by atoms with Crippen molar-refractivity contribution in [1.29, 1.82) is 0 Å². The van der Waals surface area contributed by atoms with Gasteiger partial charge in [-0.15, -0.1) is 0 Å². The SMILES string of the molecule is CCCCCCCCCCCCCCCCCN1C=CN(CCCCC)C1CC. The number of rotatable bonds is 21. The van der Waals surface area contributed by atoms with Crippen molar-refractivity contribution in [3.63, 3.8) is 0 Å². The maximum Gasteiger partial charge on any atom is 0.100 e. The Hall–Kier alpha value is -0.660. The quantitative estimate of drug-likeness (QED) is 0.176. The minimum absolute atomic E-state index is 0.624. The maximum atomic E-state index is 2.59. The van der Waals surface area contributed by atoms with E-state index in [-0.39, 0.29) is 0 Å². The third-order valence-electron chi connectivity index (χ3n) is 6.62. The third-order valence-corrected chi connectivity index (χ3v) is 6.62. The van der Waals surface area contributed by atoms with Crippen LogP contribution in [0.4, 0.5) is 0 Å². The molecule has 0 spiro atoms. The summed E-state index contributed by atoms with van der Waals surface area (Å²) in [4.78, 5) is 5.16. The highest BCUT2D eigenvalue weighted by Gasteiger charge is 2.23. The molecular formula is C27H54N2. The zero-order chi connectivity index (χ0) is 21.0. The zero-order valence-corrected chi connectivity index (χ0v) is 20.5. The minimum atomic E-state index is 0.624. The number of hydrogen-bond acceptors (Lipinski definition) is 2. The Kier molecular flexibility index (Phi) is 17.6. The Morgan fingerprint density at radius 2 is 0.759 bits per heavy atom. The van der Waals surface area contributed by atoms with Crippen molar-refractivity contribution >= 4 is 0 Å². The van der Waals surface area contributed by atoms with E-state index in [0.717, 1.165) is 0 Å². The average molecular weight is 407 g/mol. The molecule has 0 N–H and O–H groups in total. The van der Waals surface area contributed by atoms with E-state index >= 15 is 0 Å². The summed E-state index contributed by atoms with van der Waals surface area (Å²) in [7, 11) is 0. The first kappa shape index (κ1) is 26.4. The Bertz CT molecular complexity index is 366. The summed E-state index contributed by atoms with van der Waals surface area (Å²) in [5.74, 6) is 0. The Balaban J connectivity index is 1.88. The largest absolute Gasteiger partial charge is 0.356 e. The van der Waals surface area contributed by atoms with Crippen molar-refractivity contribution in [2.45, 2.75) is 149 Å². The Labute approximate surface area is 184 Å². The van der Waals surface area contributed by atoms with Crippen molar-refractivity contribution in [3.05, 3.63) is 12.4 Å². The van der Waals surface area contributed by atoms with Crippen LogP contribution in [-0.4, -0.2) is 29.1 Å². The van der Waals surface area contributed by atoms with Gasteiger partial charge in [0.15, 0.2) is 0 Å². The lowest BCUT2D eigenvalue weighted by atomic mass is 10.0. The summed E-state index contributed by atoms with van der Waals surface area (Å²) >= 11 is 0. The molecule has 2 heteroatoms. The van der Waals surface area contributed by atoms with Gasteiger partial charge in [0.2, 0.25) is 0 Å². The maximum absolute atomic E-state index is 2.59. The smallest absolute Gasteiger partial charge is 0.100 e. The van der Waals surface area contributed by atoms with Crippen LogP contribution >= 0.6 is 0 Å². The number of hydrogen-bond donors (Lipinski definition) is 0. The first-order valence-electron chi connectivity index (χ1n) is 13.5. The lowest BCUT2D eigenvalue weighted by molar-refractivity contribution is 0.144. The Morgan fingerprint density at radius 3 is 1.14 bits per heavy atom. The van der Waals surface area contributed by atoms with Gasteiger partial charge in [-0.1, -0.05) is 124 Å². The van der Waals surface area contributed by atoms with E-state index in [1.54, 1.807) is 0 Å². The average Bonchev–Trinajstić information content (AvgIpc) is 3.12. The number of nitrogens with zero attached hydrogens (tertiary/aromatic N) is 2. The molecule has 1 unspecified atom stereocenters. The molecule has 0 saturated carbocycles. The van der Waals surface area contributed by atoms with Gasteiger partial charge in [0.25, 0.3) is 0 Å². The predicted molar refractivity (Wildman–Crippen MR) is 131 cm³/mol. The van der Waals surface area contributed by atoms with Gasteiger partial charge in [0, 0.05) is 25.5 Å². The standard InChI is InChI=1S/C27H54N2/c1-4-7-9-10-11-12-13-14-15-16-17-18-19-20-22-24-29-26-25-28(27(29)6-3)23-21-8-5-2/h25-27H,4-24H2,1-3H3. The van der Waals surface area contributed by atoms with Crippen LogP contribution in [-0.2, 0) is 0 Å². The predicted octanol–water partition coefficient (Wildman–Crippen LogP) is 8.87. The van der Waals surface area contributed by atoms with Crippen molar-refractivity contribution < 1.29 is 0 Å². The van der Waals surface area contributed by atoms with Crippen LogP contribution < -0.4 is 0 Å². The van der Waals surface area contributed by atoms with E-state index in [2.05, 4.69) is 43.0 Å². The van der Waals surface area contributed by atoms with Crippen LogP contribution in [0, 0.1) is 0 Å². The lowest BCUT2D eigenvalue weighted by Crippen LogP contribution is -2.38. The van der Waals surface area contributed by atoms with Crippen LogP contribution in [0.25, 0.3) is 0 Å². The highest BCUT2D eigenvalue weighted by Crippen LogP contribution is 2.21. The van der Waals surface area contributed by atoms with E-state index in [0.29, 0.717) is 6.17 Å². The molecule has 1 aliphatic heterocycles. The second-order valence-electron chi connectivity index (χ2n) is 9.32. The molecule has 0 amide bonds. The molecule has 0 fully saturated rings. The Morgan fingerprint density at radius 1 is 0.448 bits per heavy atom. The van der Waals surface area contributed by atoms with Crippen molar-refractivity contribution in [2.24, 2.45) is 0 Å². The molecule has 172 valence electrons. The number of unbranched alkanes of at least 4 members (excludes halogenated alkanes) is 16. The van der Waals surface area contributed by atoms with Gasteiger partial charge in [-0.05, 0) is 19.3 Å². The van der Waals surface area contributed by atoms with E-state index in [9.17, 15) is 0 Å². The molecule has 29 heavy (non-hydrogen) atoms. The summed E-state index contributed by atoms with van der Waals surface area (Å²) in [5.41, 5.74) is 0. The molecule has 0 aromatic rings. The van der Waals surface area contributed by atoms with Crippen LogP contribution in [0.5, 0.6) is 0 Å². The van der Waals surface area contributed by atoms with Gasteiger partial charge in [-0.25, -0.2) is 0 Å². The van der Waals surface area contributed by atoms with Crippen molar-refractivity contribution in [2.75, 3.05) is 13.1 Å². The highest BCUT2D eigenvalue weighted by molar-refractivity contribution is 4.96. The van der Waals surface area contributed by atoms with E-state index in [1.165, 1.54) is 135 Å². The van der Waals surface area contributed by atoms with Gasteiger partial charge in [0.1, 0.15) is 6.17 Å². The first-order valence-corrected chi connectivity index (χ1v) is 13.5. The molecule has 0 aliphatic carbocycles. The van der Waals surface area contributed by atoms with E-state index in [4.69, 9.17) is 0 Å². The zero-order valence-electron chi connectivity index (χ0n) is 20.5. The molecule has 1 rings (SSSR count). The minimum Gasteiger partial charge on any atom is -0.356 e. The molecule has 0 radical (unpaired) electrons. The summed E-state index contributed by atoms with van der Waals surface area (Å²) in [6.07, 6.45) is 32.3. The van der Waals surface area contributed by atoms with Gasteiger partial charge in [-0.3, -0.25) is 0 Å². The van der Waals surface area contributed by atoms with Crippen LogP contribution in [0.3, 0.4) is 0 Å². The summed E-state index contributed by atoms with van der Waals surface area (Å²) in [6.45, 7) is 9.41. The van der Waals surface area contributed by atoms with Crippen LogP contribution in [0.2, 0.25) is 0 Å². The van der Waals surface area contributed by atoms with E-state index in [1.807, 2.05) is 0 Å². The molecule has 1 aliphatic rings. The summed E-state index contributed by atoms with van der Waals surface area (Å²) < 4.78 is 0. The monoisotopic (exact) mass is 406 g/mol. The normalized spacial score (nSPS) is 16.3. The fraction of sp³-hybridized carbons (Fsp3) is 0.926. The molecule has 2 nitrogen and oxygen atoms in total. The second kappa shape index (κ2) is 19.3. The molecule has 0 saturated heterocycles. The third kappa shape index (κ3) is 13.3. The second-order valence-corrected chi connectivity index (χ2v) is 9.32. The van der Waals surface area contributed by atoms with Crippen molar-refractivity contribution in [1.82, 2.24) is 9.80 Å². The van der Waals surface area contributed by atoms with Crippen LogP contribution in [0.15, 0.2) is 12.4 Å². The van der Waals surface area contributed by atoms with E-state index < -0.39 is 0 Å². The van der Waals surface area contributed by atoms with Gasteiger partial charge in [-0.2, -0.15) is 0 Å².